The molecule has 3 heteroatoms. The van der Waals surface area contributed by atoms with Gasteiger partial charge in [-0.1, -0.05) is 0 Å². The van der Waals surface area contributed by atoms with E-state index in [1.165, 1.54) is 0 Å². The molecule has 0 aromatic heterocycles. The summed E-state index contributed by atoms with van der Waals surface area (Å²) >= 11 is 0. The average Bonchev–Trinajstić information content (AvgIpc) is 2.30. The maximum absolute atomic E-state index is 8.80. The number of hydrogen-bond donors (Lipinski definition) is 2. The standard InChI is InChI=1S/C7H13NO2/c1-5(8)6-2-3-10-7(6)4-9/h6-9H,2-4H2,1H3/t6?,7-/m1/s1/i3T/t3?,6?,7-. The van der Waals surface area contributed by atoms with Crippen LogP contribution in [0, 0.1) is 11.3 Å². The van der Waals surface area contributed by atoms with Gasteiger partial charge in [-0.25, -0.2) is 0 Å². The Kier molecular flexibility index (Phi) is 1.97. The van der Waals surface area contributed by atoms with Gasteiger partial charge >= 0.3 is 0 Å². The molecule has 1 rings (SSSR count). The molecule has 0 amide bonds. The van der Waals surface area contributed by atoms with Gasteiger partial charge in [0.15, 0.2) is 0 Å². The Hall–Kier alpha value is -0.410. The number of hydrogen-bond acceptors (Lipinski definition) is 3. The first-order valence-electron chi connectivity index (χ1n) is 3.96. The minimum Gasteiger partial charge on any atom is -0.394 e. The van der Waals surface area contributed by atoms with Gasteiger partial charge in [-0.3, -0.25) is 0 Å². The highest BCUT2D eigenvalue weighted by atomic mass is 16.5. The number of ether oxygens (including phenoxy) is 1. The van der Waals surface area contributed by atoms with Gasteiger partial charge in [0.1, 0.15) is 0 Å². The normalized spacial score (nSPS) is 41.4. The highest BCUT2D eigenvalue weighted by molar-refractivity contribution is 5.82. The molecule has 10 heavy (non-hydrogen) atoms. The van der Waals surface area contributed by atoms with Crippen LogP contribution in [0.15, 0.2) is 0 Å². The fourth-order valence-corrected chi connectivity index (χ4v) is 1.16. The molecule has 1 aliphatic heterocycles. The fraction of sp³-hybridized carbons (Fsp3) is 0.857. The molecule has 3 nitrogen and oxygen atoms in total. The molecule has 0 aliphatic carbocycles. The lowest BCUT2D eigenvalue weighted by molar-refractivity contribution is 0.0501. The van der Waals surface area contributed by atoms with E-state index in [2.05, 4.69) is 0 Å². The molecule has 2 unspecified atom stereocenters. The first-order valence-corrected chi connectivity index (χ1v) is 3.38. The summed E-state index contributed by atoms with van der Waals surface area (Å²) in [5.74, 6) is -0.0532. The molecule has 58 valence electrons. The van der Waals surface area contributed by atoms with Crippen molar-refractivity contribution in [3.63, 3.8) is 0 Å². The van der Waals surface area contributed by atoms with Crippen molar-refractivity contribution in [2.75, 3.05) is 13.2 Å². The zero-order chi connectivity index (χ0) is 8.43. The van der Waals surface area contributed by atoms with Crippen LogP contribution in [-0.2, 0) is 4.74 Å². The van der Waals surface area contributed by atoms with Gasteiger partial charge in [0, 0.05) is 18.2 Å². The molecule has 0 spiro atoms. The van der Waals surface area contributed by atoms with Crippen LogP contribution in [-0.4, -0.2) is 30.1 Å². The van der Waals surface area contributed by atoms with Gasteiger partial charge in [-0.2, -0.15) is 0 Å². The summed E-state index contributed by atoms with van der Waals surface area (Å²) in [6.45, 7) is 1.04. The van der Waals surface area contributed by atoms with Crippen LogP contribution < -0.4 is 0 Å². The average molecular weight is 145 g/mol. The van der Waals surface area contributed by atoms with E-state index in [4.69, 9.17) is 16.6 Å². The van der Waals surface area contributed by atoms with Crippen LogP contribution in [0.2, 0.25) is 0 Å². The minimum atomic E-state index is -0.558. The molecule has 0 saturated carbocycles. The molecule has 2 N–H and O–H groups in total. The second-order valence-corrected chi connectivity index (χ2v) is 2.55. The molecule has 0 bridgehead atoms. The van der Waals surface area contributed by atoms with Crippen LogP contribution in [0.25, 0.3) is 0 Å². The van der Waals surface area contributed by atoms with E-state index in [9.17, 15) is 0 Å². The Labute approximate surface area is 61.9 Å². The van der Waals surface area contributed by atoms with E-state index in [0.717, 1.165) is 0 Å². The molecule has 1 fully saturated rings. The van der Waals surface area contributed by atoms with Gasteiger partial charge in [0.25, 0.3) is 0 Å². The summed E-state index contributed by atoms with van der Waals surface area (Å²) in [5, 5.41) is 16.1. The van der Waals surface area contributed by atoms with Gasteiger partial charge in [-0.05, 0) is 13.3 Å². The lowest BCUT2D eigenvalue weighted by atomic mass is 9.97. The largest absolute Gasteiger partial charge is 0.394 e. The van der Waals surface area contributed by atoms with E-state index >= 15 is 0 Å². The second-order valence-electron chi connectivity index (χ2n) is 2.55. The Bertz CT molecular complexity index is 163. The molecule has 1 saturated heterocycles. The predicted molar refractivity (Wildman–Crippen MR) is 38.3 cm³/mol. The summed E-state index contributed by atoms with van der Waals surface area (Å²) in [5.41, 5.74) is 0.499. The number of aliphatic hydroxyl groups excluding tert-OH is 1. The summed E-state index contributed by atoms with van der Waals surface area (Å²) in [6, 6.07) is 0. The van der Waals surface area contributed by atoms with Crippen molar-refractivity contribution in [3.05, 3.63) is 0 Å². The molecule has 0 radical (unpaired) electrons. The van der Waals surface area contributed by atoms with E-state index in [0.29, 0.717) is 12.1 Å². The summed E-state index contributed by atoms with van der Waals surface area (Å²) in [7, 11) is 0. The van der Waals surface area contributed by atoms with Crippen LogP contribution in [0.1, 0.15) is 14.7 Å². The quantitative estimate of drug-likeness (QED) is 0.553. The van der Waals surface area contributed by atoms with Crippen molar-refractivity contribution in [2.24, 2.45) is 5.92 Å². The summed E-state index contributed by atoms with van der Waals surface area (Å²) in [6.07, 6.45) is 0.218. The molecule has 3 atom stereocenters. The number of rotatable bonds is 2. The molecular formula is C7H13NO2. The van der Waals surface area contributed by atoms with Crippen molar-refractivity contribution in [1.29, 1.82) is 5.41 Å². The van der Waals surface area contributed by atoms with Crippen LogP contribution in [0.5, 0.6) is 0 Å². The highest BCUT2D eigenvalue weighted by Crippen LogP contribution is 2.20. The second kappa shape index (κ2) is 3.12. The SMILES string of the molecule is [3H]C1CC(C(C)=N)[C@@H](CO)O1. The number of nitrogens with one attached hydrogen (secondary N) is 1. The van der Waals surface area contributed by atoms with Crippen LogP contribution in [0.4, 0.5) is 0 Å². The maximum Gasteiger partial charge on any atom is 0.0886 e. The number of aliphatic hydroxyl groups is 1. The molecular weight excluding hydrogens is 130 g/mol. The Morgan fingerprint density at radius 2 is 2.70 bits per heavy atom. The van der Waals surface area contributed by atoms with E-state index in [1.807, 2.05) is 0 Å². The van der Waals surface area contributed by atoms with Crippen molar-refractivity contribution < 1.29 is 11.2 Å². The third kappa shape index (κ3) is 1.36. The van der Waals surface area contributed by atoms with Crippen LogP contribution in [0.3, 0.4) is 0 Å². The van der Waals surface area contributed by atoms with Crippen molar-refractivity contribution >= 4 is 5.71 Å². The molecule has 0 aromatic carbocycles. The van der Waals surface area contributed by atoms with Gasteiger partial charge in [-0.15, -0.1) is 0 Å². The lowest BCUT2D eigenvalue weighted by Crippen LogP contribution is -2.25. The highest BCUT2D eigenvalue weighted by Gasteiger charge is 2.28. The topological polar surface area (TPSA) is 53.3 Å². The van der Waals surface area contributed by atoms with Gasteiger partial charge in [0.05, 0.1) is 14.1 Å². The molecule has 1 heterocycles. The Morgan fingerprint density at radius 3 is 3.10 bits per heavy atom. The first kappa shape index (κ1) is 6.31. The lowest BCUT2D eigenvalue weighted by Gasteiger charge is -2.13. The van der Waals surface area contributed by atoms with Gasteiger partial charge in [0.2, 0.25) is 0 Å². The van der Waals surface area contributed by atoms with Crippen LogP contribution >= 0.6 is 0 Å². The third-order valence-electron chi connectivity index (χ3n) is 1.81. The zero-order valence-corrected chi connectivity index (χ0v) is 6.00. The predicted octanol–water partition coefficient (Wildman–Crippen LogP) is 0.423. The molecule has 0 aromatic rings. The monoisotopic (exact) mass is 145 g/mol. The Balaban J connectivity index is 2.57. The van der Waals surface area contributed by atoms with Crippen molar-refractivity contribution in [1.82, 2.24) is 0 Å². The molecule has 1 aliphatic rings. The van der Waals surface area contributed by atoms with E-state index in [-0.39, 0.29) is 18.6 Å². The van der Waals surface area contributed by atoms with Crippen molar-refractivity contribution in [3.8, 4) is 0 Å². The third-order valence-corrected chi connectivity index (χ3v) is 1.81. The van der Waals surface area contributed by atoms with E-state index in [1.54, 1.807) is 6.92 Å². The Morgan fingerprint density at radius 1 is 2.00 bits per heavy atom. The minimum absolute atomic E-state index is 0.0532. The summed E-state index contributed by atoms with van der Waals surface area (Å²) < 4.78 is 12.3. The van der Waals surface area contributed by atoms with E-state index < -0.39 is 6.58 Å². The summed E-state index contributed by atoms with van der Waals surface area (Å²) in [4.78, 5) is 0. The smallest absolute Gasteiger partial charge is 0.0886 e. The maximum atomic E-state index is 8.80. The fourth-order valence-electron chi connectivity index (χ4n) is 1.16. The van der Waals surface area contributed by atoms with Crippen molar-refractivity contribution in [2.45, 2.75) is 19.4 Å². The first-order chi connectivity index (χ1) is 5.15. The van der Waals surface area contributed by atoms with Gasteiger partial charge < -0.3 is 15.3 Å². The zero-order valence-electron chi connectivity index (χ0n) is 7.00.